The topological polar surface area (TPSA) is 55.8 Å². The average molecular weight is 291 g/mol. The van der Waals surface area contributed by atoms with E-state index in [4.69, 9.17) is 9.47 Å². The van der Waals surface area contributed by atoms with Crippen molar-refractivity contribution < 1.29 is 19.1 Å². The van der Waals surface area contributed by atoms with Crippen LogP contribution in [0.25, 0.3) is 0 Å². The first kappa shape index (κ1) is 15.5. The maximum Gasteiger partial charge on any atom is 0.317 e. The van der Waals surface area contributed by atoms with Crippen molar-refractivity contribution in [2.75, 3.05) is 26.8 Å². The Bertz CT molecular complexity index is 507. The lowest BCUT2D eigenvalue weighted by Crippen LogP contribution is -2.44. The monoisotopic (exact) mass is 291 g/mol. The summed E-state index contributed by atoms with van der Waals surface area (Å²) in [5.41, 5.74) is 1.07. The van der Waals surface area contributed by atoms with Crippen LogP contribution in [0.5, 0.6) is 5.75 Å². The van der Waals surface area contributed by atoms with Gasteiger partial charge < -0.3 is 9.47 Å². The van der Waals surface area contributed by atoms with Gasteiger partial charge in [0.2, 0.25) is 0 Å². The second-order valence-electron chi connectivity index (χ2n) is 5.07. The lowest BCUT2D eigenvalue weighted by Gasteiger charge is -2.30. The Labute approximate surface area is 124 Å². The molecule has 1 fully saturated rings. The van der Waals surface area contributed by atoms with Crippen molar-refractivity contribution in [3.8, 4) is 5.75 Å². The number of para-hydroxylation sites is 1. The molecule has 1 atom stereocenters. The van der Waals surface area contributed by atoms with Crippen molar-refractivity contribution in [3.05, 3.63) is 29.8 Å². The van der Waals surface area contributed by atoms with Crippen molar-refractivity contribution >= 4 is 11.8 Å². The number of methoxy groups -OCH3 is 1. The number of piperidine rings is 1. The first-order valence-electron chi connectivity index (χ1n) is 7.19. The molecular formula is C16H21NO4. The molecule has 1 aromatic rings. The number of ether oxygens (including phenoxy) is 2. The molecule has 2 rings (SSSR count). The molecule has 1 unspecified atom stereocenters. The van der Waals surface area contributed by atoms with Gasteiger partial charge in [0.05, 0.1) is 13.7 Å². The molecule has 1 aromatic carbocycles. The molecule has 0 aliphatic carbocycles. The van der Waals surface area contributed by atoms with Crippen molar-refractivity contribution in [1.82, 2.24) is 4.90 Å². The fraction of sp³-hybridized carbons (Fsp3) is 0.500. The summed E-state index contributed by atoms with van der Waals surface area (Å²) >= 11 is 0. The van der Waals surface area contributed by atoms with Gasteiger partial charge in [-0.2, -0.15) is 0 Å². The highest BCUT2D eigenvalue weighted by Gasteiger charge is 2.33. The molecule has 1 saturated heterocycles. The number of benzene rings is 1. The molecule has 0 N–H and O–H groups in total. The third-order valence-corrected chi connectivity index (χ3v) is 3.66. The predicted octanol–water partition coefficient (Wildman–Crippen LogP) is 1.65. The third kappa shape index (κ3) is 3.82. The molecule has 21 heavy (non-hydrogen) atoms. The molecule has 5 nitrogen and oxygen atoms in total. The van der Waals surface area contributed by atoms with Gasteiger partial charge in [0, 0.05) is 31.6 Å². The Kier molecular flexibility index (Phi) is 5.33. The third-order valence-electron chi connectivity index (χ3n) is 3.66. The van der Waals surface area contributed by atoms with Gasteiger partial charge in [-0.05, 0) is 13.0 Å². The molecular weight excluding hydrogens is 270 g/mol. The van der Waals surface area contributed by atoms with Crippen molar-refractivity contribution in [2.45, 2.75) is 19.9 Å². The van der Waals surface area contributed by atoms with E-state index in [0.717, 1.165) is 11.3 Å². The van der Waals surface area contributed by atoms with Crippen LogP contribution in [-0.4, -0.2) is 43.5 Å². The second kappa shape index (κ2) is 7.22. The molecule has 1 aliphatic rings. The largest absolute Gasteiger partial charge is 0.494 e. The van der Waals surface area contributed by atoms with Crippen LogP contribution in [0.4, 0.5) is 0 Å². The number of esters is 1. The Balaban J connectivity index is 2.06. The number of hydrogen-bond acceptors (Lipinski definition) is 5. The maximum atomic E-state index is 11.8. The van der Waals surface area contributed by atoms with Crippen LogP contribution in [0, 0.1) is 5.92 Å². The van der Waals surface area contributed by atoms with E-state index in [1.54, 1.807) is 0 Å². The zero-order valence-electron chi connectivity index (χ0n) is 12.5. The minimum absolute atomic E-state index is 0.0313. The molecule has 0 aromatic heterocycles. The lowest BCUT2D eigenvalue weighted by atomic mass is 9.96. The van der Waals surface area contributed by atoms with Crippen LogP contribution < -0.4 is 4.74 Å². The first-order valence-corrected chi connectivity index (χ1v) is 7.19. The molecule has 0 spiro atoms. The summed E-state index contributed by atoms with van der Waals surface area (Å²) in [6.45, 7) is 4.29. The molecule has 0 radical (unpaired) electrons. The van der Waals surface area contributed by atoms with Gasteiger partial charge in [-0.3, -0.25) is 14.5 Å². The fourth-order valence-electron chi connectivity index (χ4n) is 2.56. The number of ketones is 1. The molecule has 0 saturated carbocycles. The van der Waals surface area contributed by atoms with Crippen LogP contribution >= 0.6 is 0 Å². The molecule has 0 amide bonds. The van der Waals surface area contributed by atoms with E-state index in [9.17, 15) is 9.59 Å². The number of hydrogen-bond donors (Lipinski definition) is 0. The molecule has 1 aliphatic heterocycles. The lowest BCUT2D eigenvalue weighted by molar-refractivity contribution is -0.152. The van der Waals surface area contributed by atoms with Gasteiger partial charge in [0.25, 0.3) is 0 Å². The quantitative estimate of drug-likeness (QED) is 0.610. The molecule has 1 heterocycles. The highest BCUT2D eigenvalue weighted by molar-refractivity contribution is 5.99. The Hall–Kier alpha value is -1.88. The fourth-order valence-corrected chi connectivity index (χ4v) is 2.56. The van der Waals surface area contributed by atoms with Gasteiger partial charge >= 0.3 is 5.97 Å². The van der Waals surface area contributed by atoms with Gasteiger partial charge in [0.15, 0.2) is 0 Å². The van der Waals surface area contributed by atoms with E-state index in [-0.39, 0.29) is 5.78 Å². The zero-order valence-corrected chi connectivity index (χ0v) is 12.5. The summed E-state index contributed by atoms with van der Waals surface area (Å²) in [6.07, 6.45) is 0.385. The average Bonchev–Trinajstić information content (AvgIpc) is 2.50. The van der Waals surface area contributed by atoms with Gasteiger partial charge in [-0.15, -0.1) is 0 Å². The van der Waals surface area contributed by atoms with Crippen LogP contribution in [0.15, 0.2) is 24.3 Å². The van der Waals surface area contributed by atoms with E-state index in [2.05, 4.69) is 4.90 Å². The SMILES string of the molecule is CCOc1ccccc1CN1CCC(=O)C(C(=O)OC)C1. The number of Topliss-reactive ketones (excluding diaryl/α,β-unsaturated/α-hetero) is 1. The number of likely N-dealkylation sites (tertiary alicyclic amines) is 1. The summed E-state index contributed by atoms with van der Waals surface area (Å²) in [6, 6.07) is 7.84. The minimum atomic E-state index is -0.664. The highest BCUT2D eigenvalue weighted by Crippen LogP contribution is 2.23. The van der Waals surface area contributed by atoms with Gasteiger partial charge in [-0.1, -0.05) is 18.2 Å². The Morgan fingerprint density at radius 1 is 1.38 bits per heavy atom. The highest BCUT2D eigenvalue weighted by atomic mass is 16.5. The second-order valence-corrected chi connectivity index (χ2v) is 5.07. The Morgan fingerprint density at radius 3 is 2.86 bits per heavy atom. The van der Waals surface area contributed by atoms with Crippen LogP contribution in [0.1, 0.15) is 18.9 Å². The summed E-state index contributed by atoms with van der Waals surface area (Å²) < 4.78 is 10.3. The van der Waals surface area contributed by atoms with Crippen molar-refractivity contribution in [3.63, 3.8) is 0 Å². The number of carbonyl (C=O) groups excluding carboxylic acids is 2. The first-order chi connectivity index (χ1) is 10.2. The van der Waals surface area contributed by atoms with E-state index in [0.29, 0.717) is 32.7 Å². The summed E-state index contributed by atoms with van der Waals surface area (Å²) in [5, 5.41) is 0. The van der Waals surface area contributed by atoms with Gasteiger partial charge in [-0.25, -0.2) is 0 Å². The van der Waals surface area contributed by atoms with Gasteiger partial charge in [0.1, 0.15) is 17.5 Å². The smallest absolute Gasteiger partial charge is 0.317 e. The van der Waals surface area contributed by atoms with E-state index >= 15 is 0 Å². The molecule has 5 heteroatoms. The summed E-state index contributed by atoms with van der Waals surface area (Å²) in [7, 11) is 1.32. The summed E-state index contributed by atoms with van der Waals surface area (Å²) in [5.74, 6) is -0.284. The van der Waals surface area contributed by atoms with Crippen LogP contribution in [0.2, 0.25) is 0 Å². The normalized spacial score (nSPS) is 19.3. The van der Waals surface area contributed by atoms with Crippen LogP contribution in [-0.2, 0) is 20.9 Å². The summed E-state index contributed by atoms with van der Waals surface area (Å²) in [4.78, 5) is 25.6. The molecule has 0 bridgehead atoms. The minimum Gasteiger partial charge on any atom is -0.494 e. The zero-order chi connectivity index (χ0) is 15.2. The van der Waals surface area contributed by atoms with Crippen molar-refractivity contribution in [2.24, 2.45) is 5.92 Å². The standard InChI is InChI=1S/C16H21NO4/c1-3-21-15-7-5-4-6-12(15)10-17-9-8-14(18)13(11-17)16(19)20-2/h4-7,13H,3,8-11H2,1-2H3. The van der Waals surface area contributed by atoms with E-state index < -0.39 is 11.9 Å². The Morgan fingerprint density at radius 2 is 2.14 bits per heavy atom. The van der Waals surface area contributed by atoms with Crippen LogP contribution in [0.3, 0.4) is 0 Å². The number of nitrogens with zero attached hydrogens (tertiary/aromatic N) is 1. The molecule has 114 valence electrons. The maximum absolute atomic E-state index is 11.8. The van der Waals surface area contributed by atoms with E-state index in [1.165, 1.54) is 7.11 Å². The predicted molar refractivity (Wildman–Crippen MR) is 78.0 cm³/mol. The number of carbonyl (C=O) groups is 2. The van der Waals surface area contributed by atoms with E-state index in [1.807, 2.05) is 31.2 Å². The van der Waals surface area contributed by atoms with Crippen molar-refractivity contribution in [1.29, 1.82) is 0 Å². The number of rotatable bonds is 5.